The molecular weight excluding hydrogens is 685 g/mol. The van der Waals surface area contributed by atoms with E-state index in [1.165, 1.54) is 108 Å². The summed E-state index contributed by atoms with van der Waals surface area (Å²) in [5.74, 6) is 0. The molecule has 0 atom stereocenters. The molecule has 0 spiro atoms. The highest BCUT2D eigenvalue weighted by atomic mass is 32.1. The molecular formula is C52H32N2S. The molecule has 0 unspecified atom stereocenters. The van der Waals surface area contributed by atoms with Gasteiger partial charge in [0.05, 0.1) is 32.5 Å². The molecule has 0 radical (unpaired) electrons. The lowest BCUT2D eigenvalue weighted by Crippen LogP contribution is -1.94. The molecule has 256 valence electrons. The van der Waals surface area contributed by atoms with Gasteiger partial charge in [0.25, 0.3) is 0 Å². The van der Waals surface area contributed by atoms with Crippen LogP contribution >= 0.6 is 11.3 Å². The van der Waals surface area contributed by atoms with Crippen molar-refractivity contribution in [2.75, 3.05) is 0 Å². The Labute approximate surface area is 321 Å². The maximum Gasteiger partial charge on any atom is 0.0640 e. The Balaban J connectivity index is 1.11. The predicted molar refractivity (Wildman–Crippen MR) is 236 cm³/mol. The van der Waals surface area contributed by atoms with Gasteiger partial charge in [-0.05, 0) is 99.8 Å². The van der Waals surface area contributed by atoms with Crippen LogP contribution in [0.2, 0.25) is 0 Å². The Bertz CT molecular complexity index is 3470. The van der Waals surface area contributed by atoms with Crippen molar-refractivity contribution in [2.45, 2.75) is 0 Å². The van der Waals surface area contributed by atoms with Crippen molar-refractivity contribution in [2.24, 2.45) is 0 Å². The van der Waals surface area contributed by atoms with Gasteiger partial charge in [-0.2, -0.15) is 0 Å². The van der Waals surface area contributed by atoms with Crippen LogP contribution in [0.25, 0.3) is 108 Å². The molecule has 3 heterocycles. The molecule has 12 rings (SSSR count). The summed E-state index contributed by atoms with van der Waals surface area (Å²) in [5, 5.41) is 10.2. The Morgan fingerprint density at radius 1 is 0.309 bits per heavy atom. The molecule has 0 aliphatic rings. The van der Waals surface area contributed by atoms with Crippen molar-refractivity contribution >= 4 is 85.9 Å². The molecule has 0 aliphatic heterocycles. The van der Waals surface area contributed by atoms with Gasteiger partial charge in [-0.25, -0.2) is 0 Å². The summed E-state index contributed by atoms with van der Waals surface area (Å²) in [6.07, 6.45) is 0. The first-order valence-corrected chi connectivity index (χ1v) is 19.7. The van der Waals surface area contributed by atoms with E-state index < -0.39 is 0 Å². The van der Waals surface area contributed by atoms with Crippen molar-refractivity contribution in [1.29, 1.82) is 0 Å². The number of hydrogen-bond acceptors (Lipinski definition) is 1. The quantitative estimate of drug-likeness (QED) is 0.172. The maximum absolute atomic E-state index is 2.50. The van der Waals surface area contributed by atoms with Gasteiger partial charge in [-0.15, -0.1) is 11.3 Å². The topological polar surface area (TPSA) is 9.86 Å². The fourth-order valence-electron chi connectivity index (χ4n) is 8.92. The zero-order valence-corrected chi connectivity index (χ0v) is 30.6. The van der Waals surface area contributed by atoms with Crippen LogP contribution in [0, 0.1) is 0 Å². The summed E-state index contributed by atoms with van der Waals surface area (Å²) < 4.78 is 7.54. The number of thiophene rings is 1. The second-order valence-electron chi connectivity index (χ2n) is 14.5. The van der Waals surface area contributed by atoms with E-state index in [-0.39, 0.29) is 0 Å². The molecule has 9 aromatic carbocycles. The smallest absolute Gasteiger partial charge is 0.0640 e. The van der Waals surface area contributed by atoms with Crippen molar-refractivity contribution in [3.05, 3.63) is 194 Å². The first-order chi connectivity index (χ1) is 27.3. The Morgan fingerprint density at radius 3 is 1.69 bits per heavy atom. The molecule has 0 aliphatic carbocycles. The summed E-state index contributed by atoms with van der Waals surface area (Å²) in [6.45, 7) is 0. The third-order valence-electron chi connectivity index (χ3n) is 11.5. The standard InChI is InChI=1S/C52H32N2S/c1-3-12-33(13-4-1)38-22-25-40-43-29-36(24-27-47(43)54(49(40)32-38)48-20-11-19-42-41-18-9-10-21-51(41)55-52(42)48)37-23-26-46-44(30-37)45-28-34-14-7-8-15-35(34)31-50(45)53(46)39-16-5-2-6-17-39/h1-32H. The first-order valence-electron chi connectivity index (χ1n) is 18.8. The summed E-state index contributed by atoms with van der Waals surface area (Å²) in [4.78, 5) is 0. The summed E-state index contributed by atoms with van der Waals surface area (Å²) in [5.41, 5.74) is 12.1. The number of rotatable bonds is 4. The van der Waals surface area contributed by atoms with Crippen LogP contribution in [0.1, 0.15) is 0 Å². The zero-order chi connectivity index (χ0) is 36.0. The Hall–Kier alpha value is -6.94. The van der Waals surface area contributed by atoms with E-state index in [2.05, 4.69) is 203 Å². The van der Waals surface area contributed by atoms with Crippen LogP contribution in [-0.4, -0.2) is 9.13 Å². The highest BCUT2D eigenvalue weighted by Crippen LogP contribution is 2.43. The average Bonchev–Trinajstić information content (AvgIpc) is 3.90. The third-order valence-corrected chi connectivity index (χ3v) is 12.7. The van der Waals surface area contributed by atoms with Crippen molar-refractivity contribution < 1.29 is 0 Å². The fraction of sp³-hybridized carbons (Fsp3) is 0. The number of benzene rings is 9. The van der Waals surface area contributed by atoms with Crippen LogP contribution in [0.5, 0.6) is 0 Å². The van der Waals surface area contributed by atoms with Crippen LogP contribution in [-0.2, 0) is 0 Å². The predicted octanol–water partition coefficient (Wildman–Crippen LogP) is 14.7. The van der Waals surface area contributed by atoms with E-state index >= 15 is 0 Å². The number of para-hydroxylation sites is 1. The van der Waals surface area contributed by atoms with E-state index in [0.717, 1.165) is 0 Å². The van der Waals surface area contributed by atoms with Crippen molar-refractivity contribution in [3.8, 4) is 33.6 Å². The van der Waals surface area contributed by atoms with Crippen LogP contribution in [0.3, 0.4) is 0 Å². The maximum atomic E-state index is 2.50. The summed E-state index contributed by atoms with van der Waals surface area (Å²) in [6, 6.07) is 71.5. The Kier molecular flexibility index (Phi) is 6.54. The first kappa shape index (κ1) is 30.5. The summed E-state index contributed by atoms with van der Waals surface area (Å²) >= 11 is 1.88. The van der Waals surface area contributed by atoms with E-state index in [4.69, 9.17) is 0 Å². The Morgan fingerprint density at radius 2 is 0.891 bits per heavy atom. The molecule has 0 bridgehead atoms. The minimum Gasteiger partial charge on any atom is -0.309 e. The van der Waals surface area contributed by atoms with E-state index in [0.29, 0.717) is 0 Å². The minimum atomic E-state index is 1.17. The molecule has 0 amide bonds. The molecule has 3 heteroatoms. The highest BCUT2D eigenvalue weighted by Gasteiger charge is 2.19. The minimum absolute atomic E-state index is 1.17. The van der Waals surface area contributed by atoms with Gasteiger partial charge >= 0.3 is 0 Å². The number of hydrogen-bond donors (Lipinski definition) is 0. The zero-order valence-electron chi connectivity index (χ0n) is 29.8. The molecule has 12 aromatic rings. The van der Waals surface area contributed by atoms with Crippen LogP contribution in [0.15, 0.2) is 194 Å². The molecule has 0 saturated carbocycles. The van der Waals surface area contributed by atoms with Gasteiger partial charge in [0.1, 0.15) is 0 Å². The van der Waals surface area contributed by atoms with Gasteiger partial charge in [-0.1, -0.05) is 127 Å². The van der Waals surface area contributed by atoms with Crippen LogP contribution in [0.4, 0.5) is 0 Å². The fourth-order valence-corrected chi connectivity index (χ4v) is 10.1. The monoisotopic (exact) mass is 716 g/mol. The van der Waals surface area contributed by atoms with Crippen LogP contribution < -0.4 is 0 Å². The summed E-state index contributed by atoms with van der Waals surface area (Å²) in [7, 11) is 0. The van der Waals surface area contributed by atoms with Crippen molar-refractivity contribution in [3.63, 3.8) is 0 Å². The molecule has 3 aromatic heterocycles. The second-order valence-corrected chi connectivity index (χ2v) is 15.6. The van der Waals surface area contributed by atoms with E-state index in [9.17, 15) is 0 Å². The molecule has 0 fully saturated rings. The van der Waals surface area contributed by atoms with Crippen molar-refractivity contribution in [1.82, 2.24) is 9.13 Å². The lowest BCUT2D eigenvalue weighted by atomic mass is 9.99. The van der Waals surface area contributed by atoms with Gasteiger partial charge in [0.2, 0.25) is 0 Å². The number of aromatic nitrogens is 2. The van der Waals surface area contributed by atoms with E-state index in [1.807, 2.05) is 11.3 Å². The highest BCUT2D eigenvalue weighted by molar-refractivity contribution is 7.26. The third kappa shape index (κ3) is 4.60. The lowest BCUT2D eigenvalue weighted by molar-refractivity contribution is 1.18. The van der Waals surface area contributed by atoms with Gasteiger partial charge in [0.15, 0.2) is 0 Å². The van der Waals surface area contributed by atoms with Gasteiger partial charge in [0, 0.05) is 42.7 Å². The molecule has 2 nitrogen and oxygen atoms in total. The van der Waals surface area contributed by atoms with E-state index in [1.54, 1.807) is 0 Å². The second kappa shape index (κ2) is 11.8. The molecule has 0 saturated heterocycles. The SMILES string of the molecule is c1ccc(-c2ccc3c4cc(-c5ccc6c(c5)c5cc7ccccc7cc5n6-c5ccccc5)ccc4n(-c4cccc5c4sc4ccccc45)c3c2)cc1. The number of fused-ring (bicyclic) bond motifs is 10. The normalized spacial score (nSPS) is 12.0. The van der Waals surface area contributed by atoms with Gasteiger partial charge in [-0.3, -0.25) is 0 Å². The molecule has 0 N–H and O–H groups in total. The lowest BCUT2D eigenvalue weighted by Gasteiger charge is -2.11. The average molecular weight is 717 g/mol. The number of nitrogens with zero attached hydrogens (tertiary/aromatic N) is 2. The molecule has 55 heavy (non-hydrogen) atoms. The largest absolute Gasteiger partial charge is 0.309 e. The van der Waals surface area contributed by atoms with Gasteiger partial charge < -0.3 is 9.13 Å².